The van der Waals surface area contributed by atoms with E-state index in [0.717, 1.165) is 50.3 Å². The van der Waals surface area contributed by atoms with Gasteiger partial charge in [0.25, 0.3) is 0 Å². The Morgan fingerprint density at radius 1 is 1.56 bits per heavy atom. The Morgan fingerprint density at radius 3 is 2.94 bits per heavy atom. The normalized spacial score (nSPS) is 16.3. The molecule has 2 N–H and O–H groups in total. The minimum absolute atomic E-state index is 0.263. The van der Waals surface area contributed by atoms with Crippen molar-refractivity contribution in [1.82, 2.24) is 14.9 Å². The molecule has 0 saturated heterocycles. The first kappa shape index (κ1) is 13.1. The summed E-state index contributed by atoms with van der Waals surface area (Å²) in [5.41, 5.74) is 1.18. The van der Waals surface area contributed by atoms with Crippen LogP contribution in [0.5, 0.6) is 0 Å². The number of nitrogens with zero attached hydrogens (tertiary/aromatic N) is 2. The number of imidazole rings is 1. The van der Waals surface area contributed by atoms with Crippen molar-refractivity contribution in [3.8, 4) is 0 Å². The van der Waals surface area contributed by atoms with Gasteiger partial charge < -0.3 is 15.0 Å². The topological polar surface area (TPSA) is 67.2 Å². The van der Waals surface area contributed by atoms with Crippen molar-refractivity contribution in [2.75, 3.05) is 13.6 Å². The van der Waals surface area contributed by atoms with Gasteiger partial charge in [-0.15, -0.1) is 0 Å². The van der Waals surface area contributed by atoms with Crippen LogP contribution in [0.3, 0.4) is 0 Å². The second kappa shape index (κ2) is 5.52. The SMILES string of the molecule is CCC(CNC)c1nc(C(=O)O)c2n1CCCC2. The Kier molecular flexibility index (Phi) is 4.01. The number of carboxylic acids is 1. The number of rotatable bonds is 5. The zero-order valence-corrected chi connectivity index (χ0v) is 11.1. The number of likely N-dealkylation sites (N-methyl/N-ethyl adjacent to an activating group) is 1. The lowest BCUT2D eigenvalue weighted by atomic mass is 10.0. The number of aromatic nitrogens is 2. The van der Waals surface area contributed by atoms with Crippen molar-refractivity contribution in [1.29, 1.82) is 0 Å². The molecule has 0 saturated carbocycles. The quantitative estimate of drug-likeness (QED) is 0.834. The van der Waals surface area contributed by atoms with Crippen LogP contribution in [-0.2, 0) is 13.0 Å². The molecular formula is C13H21N3O2. The molecule has 0 aromatic carbocycles. The van der Waals surface area contributed by atoms with E-state index in [9.17, 15) is 9.90 Å². The maximum Gasteiger partial charge on any atom is 0.356 e. The fourth-order valence-electron chi connectivity index (χ4n) is 2.72. The van der Waals surface area contributed by atoms with Crippen molar-refractivity contribution in [3.63, 3.8) is 0 Å². The van der Waals surface area contributed by atoms with Gasteiger partial charge in [-0.1, -0.05) is 6.92 Å². The van der Waals surface area contributed by atoms with E-state index in [1.54, 1.807) is 0 Å². The second-order valence-electron chi connectivity index (χ2n) is 4.84. The number of hydrogen-bond donors (Lipinski definition) is 2. The van der Waals surface area contributed by atoms with Crippen LogP contribution in [0.1, 0.15) is 54.1 Å². The third kappa shape index (κ3) is 2.27. The summed E-state index contributed by atoms with van der Waals surface area (Å²) >= 11 is 0. The molecule has 18 heavy (non-hydrogen) atoms. The molecule has 5 heteroatoms. The first-order valence-electron chi connectivity index (χ1n) is 6.66. The molecule has 1 aliphatic heterocycles. The molecule has 0 spiro atoms. The minimum Gasteiger partial charge on any atom is -0.476 e. The highest BCUT2D eigenvalue weighted by atomic mass is 16.4. The second-order valence-corrected chi connectivity index (χ2v) is 4.84. The molecule has 2 rings (SSSR count). The van der Waals surface area contributed by atoms with Crippen molar-refractivity contribution in [2.45, 2.75) is 45.1 Å². The van der Waals surface area contributed by atoms with Crippen LogP contribution < -0.4 is 5.32 Å². The maximum atomic E-state index is 11.3. The van der Waals surface area contributed by atoms with Crippen LogP contribution in [0.25, 0.3) is 0 Å². The van der Waals surface area contributed by atoms with Gasteiger partial charge in [0.2, 0.25) is 0 Å². The molecule has 0 aliphatic carbocycles. The fourth-order valence-corrected chi connectivity index (χ4v) is 2.72. The molecular weight excluding hydrogens is 230 g/mol. The summed E-state index contributed by atoms with van der Waals surface area (Å²) in [5, 5.41) is 12.4. The van der Waals surface area contributed by atoms with Gasteiger partial charge in [0.15, 0.2) is 5.69 Å². The van der Waals surface area contributed by atoms with Crippen LogP contribution in [-0.4, -0.2) is 34.2 Å². The van der Waals surface area contributed by atoms with Crippen LogP contribution in [0.4, 0.5) is 0 Å². The Balaban J connectivity index is 2.43. The molecule has 1 atom stereocenters. The fraction of sp³-hybridized carbons (Fsp3) is 0.692. The van der Waals surface area contributed by atoms with Gasteiger partial charge >= 0.3 is 5.97 Å². The van der Waals surface area contributed by atoms with Crippen molar-refractivity contribution in [2.24, 2.45) is 0 Å². The number of aromatic carboxylic acids is 1. The van der Waals surface area contributed by atoms with E-state index in [4.69, 9.17) is 0 Å². The van der Waals surface area contributed by atoms with Gasteiger partial charge in [-0.2, -0.15) is 0 Å². The lowest BCUT2D eigenvalue weighted by molar-refractivity contribution is 0.0689. The standard InChI is InChI=1S/C13H21N3O2/c1-3-9(8-14-2)12-15-11(13(17)18)10-6-4-5-7-16(10)12/h9,14H,3-8H2,1-2H3,(H,17,18). The van der Waals surface area contributed by atoms with E-state index in [-0.39, 0.29) is 5.69 Å². The summed E-state index contributed by atoms with van der Waals surface area (Å²) in [7, 11) is 1.92. The lowest BCUT2D eigenvalue weighted by Crippen LogP contribution is -2.22. The number of hydrogen-bond acceptors (Lipinski definition) is 3. The summed E-state index contributed by atoms with van der Waals surface area (Å²) in [5.74, 6) is 0.338. The molecule has 1 aromatic heterocycles. The zero-order chi connectivity index (χ0) is 13.1. The largest absolute Gasteiger partial charge is 0.476 e. The molecule has 0 radical (unpaired) electrons. The van der Waals surface area contributed by atoms with Crippen LogP contribution in [0, 0.1) is 0 Å². The molecule has 0 amide bonds. The van der Waals surface area contributed by atoms with Gasteiger partial charge in [0.05, 0.1) is 5.69 Å². The third-order valence-corrected chi connectivity index (χ3v) is 3.66. The Morgan fingerprint density at radius 2 is 2.33 bits per heavy atom. The summed E-state index contributed by atoms with van der Waals surface area (Å²) in [6.45, 7) is 3.87. The molecule has 2 heterocycles. The minimum atomic E-state index is -0.897. The van der Waals surface area contributed by atoms with E-state index in [1.807, 2.05) is 7.05 Å². The summed E-state index contributed by atoms with van der Waals surface area (Å²) in [4.78, 5) is 15.7. The highest BCUT2D eigenvalue weighted by molar-refractivity contribution is 5.87. The molecule has 5 nitrogen and oxygen atoms in total. The highest BCUT2D eigenvalue weighted by Gasteiger charge is 2.26. The average Bonchev–Trinajstić information content (AvgIpc) is 2.75. The molecule has 1 aliphatic rings. The molecule has 1 aromatic rings. The highest BCUT2D eigenvalue weighted by Crippen LogP contribution is 2.26. The third-order valence-electron chi connectivity index (χ3n) is 3.66. The molecule has 0 fully saturated rings. The van der Waals surface area contributed by atoms with E-state index >= 15 is 0 Å². The van der Waals surface area contributed by atoms with Crippen LogP contribution in [0.15, 0.2) is 0 Å². The van der Waals surface area contributed by atoms with Crippen LogP contribution in [0.2, 0.25) is 0 Å². The van der Waals surface area contributed by atoms with Crippen molar-refractivity contribution in [3.05, 3.63) is 17.2 Å². The first-order chi connectivity index (χ1) is 8.69. The van der Waals surface area contributed by atoms with Crippen molar-refractivity contribution < 1.29 is 9.90 Å². The van der Waals surface area contributed by atoms with E-state index in [1.165, 1.54) is 0 Å². The average molecular weight is 251 g/mol. The predicted molar refractivity (Wildman–Crippen MR) is 69.1 cm³/mol. The Labute approximate surface area is 107 Å². The summed E-state index contributed by atoms with van der Waals surface area (Å²) in [6.07, 6.45) is 3.99. The number of nitrogens with one attached hydrogen (secondary N) is 1. The van der Waals surface area contributed by atoms with Crippen molar-refractivity contribution >= 4 is 5.97 Å². The number of fused-ring (bicyclic) bond motifs is 1. The van der Waals surface area contributed by atoms with Gasteiger partial charge in [0.1, 0.15) is 5.82 Å². The number of carboxylic acid groups (broad SMARTS) is 1. The van der Waals surface area contributed by atoms with E-state index in [2.05, 4.69) is 21.8 Å². The lowest BCUT2D eigenvalue weighted by Gasteiger charge is -2.20. The summed E-state index contributed by atoms with van der Waals surface area (Å²) < 4.78 is 2.14. The molecule has 1 unspecified atom stereocenters. The monoisotopic (exact) mass is 251 g/mol. The number of carbonyl (C=O) groups is 1. The van der Waals surface area contributed by atoms with Gasteiger partial charge in [-0.25, -0.2) is 9.78 Å². The predicted octanol–water partition coefficient (Wildman–Crippen LogP) is 1.63. The Bertz CT molecular complexity index is 440. The van der Waals surface area contributed by atoms with E-state index < -0.39 is 5.97 Å². The smallest absolute Gasteiger partial charge is 0.356 e. The Hall–Kier alpha value is -1.36. The van der Waals surface area contributed by atoms with Gasteiger partial charge in [-0.3, -0.25) is 0 Å². The molecule has 0 bridgehead atoms. The first-order valence-corrected chi connectivity index (χ1v) is 6.66. The maximum absolute atomic E-state index is 11.3. The molecule has 100 valence electrons. The van der Waals surface area contributed by atoms with Gasteiger partial charge in [-0.05, 0) is 32.7 Å². The van der Waals surface area contributed by atoms with Crippen LogP contribution >= 0.6 is 0 Å². The zero-order valence-electron chi connectivity index (χ0n) is 11.1. The summed E-state index contributed by atoms with van der Waals surface area (Å²) in [6, 6.07) is 0. The van der Waals surface area contributed by atoms with E-state index in [0.29, 0.717) is 5.92 Å². The van der Waals surface area contributed by atoms with Gasteiger partial charge in [0, 0.05) is 19.0 Å².